The van der Waals surface area contributed by atoms with Gasteiger partial charge in [0, 0.05) is 5.92 Å². The Morgan fingerprint density at radius 3 is 2.42 bits per heavy atom. The van der Waals surface area contributed by atoms with Crippen LogP contribution in [-0.4, -0.2) is 20.9 Å². The molecular formula is C20H23ClN4O. The molecule has 2 aromatic carbocycles. The van der Waals surface area contributed by atoms with E-state index in [9.17, 15) is 4.79 Å². The molecular weight excluding hydrogens is 348 g/mol. The Hall–Kier alpha value is -2.40. The first-order chi connectivity index (χ1) is 12.5. The number of carbonyl (C=O) groups excluding carboxylic acids is 1. The third-order valence-electron chi connectivity index (χ3n) is 4.24. The van der Waals surface area contributed by atoms with Gasteiger partial charge in [0.05, 0.1) is 16.4 Å². The van der Waals surface area contributed by atoms with Crippen molar-refractivity contribution in [3.8, 4) is 5.69 Å². The summed E-state index contributed by atoms with van der Waals surface area (Å²) >= 11 is 6.28. The molecule has 0 radical (unpaired) electrons. The Bertz CT molecular complexity index is 915. The lowest BCUT2D eigenvalue weighted by Crippen LogP contribution is -2.17. The van der Waals surface area contributed by atoms with Crippen LogP contribution in [-0.2, 0) is 11.2 Å². The molecule has 0 saturated heterocycles. The van der Waals surface area contributed by atoms with Gasteiger partial charge in [0.25, 0.3) is 0 Å². The Labute approximate surface area is 158 Å². The van der Waals surface area contributed by atoms with Crippen molar-refractivity contribution in [1.29, 1.82) is 0 Å². The molecule has 3 aromatic rings. The highest BCUT2D eigenvalue weighted by atomic mass is 35.5. The topological polar surface area (TPSA) is 59.8 Å². The first-order valence-electron chi connectivity index (χ1n) is 8.94. The van der Waals surface area contributed by atoms with Gasteiger partial charge >= 0.3 is 0 Å². The van der Waals surface area contributed by atoms with Crippen molar-refractivity contribution in [2.75, 3.05) is 5.32 Å². The van der Waals surface area contributed by atoms with Crippen LogP contribution in [0.25, 0.3) is 16.7 Å². The number of halogens is 1. The molecule has 1 aromatic heterocycles. The summed E-state index contributed by atoms with van der Waals surface area (Å²) in [5.41, 5.74) is 4.13. The van der Waals surface area contributed by atoms with Crippen LogP contribution in [0.4, 0.5) is 5.69 Å². The monoisotopic (exact) mass is 370 g/mol. The van der Waals surface area contributed by atoms with Crippen molar-refractivity contribution in [2.45, 2.75) is 40.0 Å². The summed E-state index contributed by atoms with van der Waals surface area (Å²) in [6.07, 6.45) is 3.46. The molecule has 3 rings (SSSR count). The van der Waals surface area contributed by atoms with Gasteiger partial charge in [0.1, 0.15) is 11.0 Å². The maximum Gasteiger partial charge on any atom is 0.226 e. The molecule has 0 aliphatic heterocycles. The maximum absolute atomic E-state index is 11.9. The van der Waals surface area contributed by atoms with E-state index >= 15 is 0 Å². The number of hydrogen-bond acceptors (Lipinski definition) is 3. The number of carbonyl (C=O) groups is 1. The van der Waals surface area contributed by atoms with E-state index in [1.54, 1.807) is 16.9 Å². The second-order valence-corrected chi connectivity index (χ2v) is 7.13. The van der Waals surface area contributed by atoms with E-state index in [1.807, 2.05) is 26.0 Å². The van der Waals surface area contributed by atoms with Crippen molar-refractivity contribution < 1.29 is 4.79 Å². The van der Waals surface area contributed by atoms with Crippen LogP contribution in [0.3, 0.4) is 0 Å². The first kappa shape index (κ1) is 18.4. The van der Waals surface area contributed by atoms with Gasteiger partial charge in [-0.2, -0.15) is 4.80 Å². The molecule has 0 aliphatic carbocycles. The van der Waals surface area contributed by atoms with Crippen LogP contribution in [0.2, 0.25) is 5.02 Å². The van der Waals surface area contributed by atoms with Gasteiger partial charge in [-0.15, -0.1) is 10.2 Å². The van der Waals surface area contributed by atoms with E-state index in [-0.39, 0.29) is 11.8 Å². The number of nitrogens with zero attached hydrogens (tertiary/aromatic N) is 3. The second kappa shape index (κ2) is 7.87. The van der Waals surface area contributed by atoms with Crippen LogP contribution in [0.1, 0.15) is 39.2 Å². The van der Waals surface area contributed by atoms with Gasteiger partial charge in [-0.05, 0) is 42.7 Å². The lowest BCUT2D eigenvalue weighted by atomic mass is 10.1. The van der Waals surface area contributed by atoms with E-state index in [0.29, 0.717) is 21.7 Å². The number of fused-ring (bicyclic) bond motifs is 1. The molecule has 1 N–H and O–H groups in total. The molecule has 1 heterocycles. The molecule has 6 heteroatoms. The summed E-state index contributed by atoms with van der Waals surface area (Å²) < 4.78 is 0. The molecule has 136 valence electrons. The summed E-state index contributed by atoms with van der Waals surface area (Å²) in [6, 6.07) is 11.8. The van der Waals surface area contributed by atoms with Crippen LogP contribution < -0.4 is 5.32 Å². The fourth-order valence-electron chi connectivity index (χ4n) is 2.60. The zero-order valence-corrected chi connectivity index (χ0v) is 16.0. The highest BCUT2D eigenvalue weighted by Crippen LogP contribution is 2.27. The van der Waals surface area contributed by atoms with Gasteiger partial charge in [-0.1, -0.05) is 50.9 Å². The summed E-state index contributed by atoms with van der Waals surface area (Å²) in [7, 11) is 0. The van der Waals surface area contributed by atoms with E-state index in [0.717, 1.165) is 12.1 Å². The lowest BCUT2D eigenvalue weighted by Gasteiger charge is -2.08. The van der Waals surface area contributed by atoms with E-state index in [1.165, 1.54) is 18.4 Å². The largest absolute Gasteiger partial charge is 0.324 e. The molecule has 5 nitrogen and oxygen atoms in total. The van der Waals surface area contributed by atoms with Gasteiger partial charge in [-0.25, -0.2) is 0 Å². The molecule has 0 fully saturated rings. The third-order valence-corrected chi connectivity index (χ3v) is 4.55. The Morgan fingerprint density at radius 2 is 1.81 bits per heavy atom. The average Bonchev–Trinajstić information content (AvgIpc) is 3.03. The molecule has 1 amide bonds. The SMILES string of the molecule is CCCCc1ccc(-n2nc3cc(Cl)c(NC(=O)C(C)C)cc3n2)cc1. The lowest BCUT2D eigenvalue weighted by molar-refractivity contribution is -0.118. The molecule has 0 saturated carbocycles. The minimum Gasteiger partial charge on any atom is -0.324 e. The number of amides is 1. The zero-order chi connectivity index (χ0) is 18.7. The number of nitrogens with one attached hydrogen (secondary N) is 1. The predicted molar refractivity (Wildman–Crippen MR) is 106 cm³/mol. The quantitative estimate of drug-likeness (QED) is 0.663. The normalized spacial score (nSPS) is 11.3. The number of aromatic nitrogens is 3. The maximum atomic E-state index is 11.9. The van der Waals surface area contributed by atoms with Gasteiger partial charge in [0.15, 0.2) is 0 Å². The number of unbranched alkanes of at least 4 members (excludes halogenated alkanes) is 1. The van der Waals surface area contributed by atoms with Crippen LogP contribution in [0, 0.1) is 5.92 Å². The summed E-state index contributed by atoms with van der Waals surface area (Å²) in [4.78, 5) is 13.5. The van der Waals surface area contributed by atoms with Gasteiger partial charge < -0.3 is 5.32 Å². The number of anilines is 1. The van der Waals surface area contributed by atoms with Crippen LogP contribution in [0.5, 0.6) is 0 Å². The number of rotatable bonds is 6. The van der Waals surface area contributed by atoms with Crippen molar-refractivity contribution in [3.63, 3.8) is 0 Å². The fourth-order valence-corrected chi connectivity index (χ4v) is 2.81. The van der Waals surface area contributed by atoms with Crippen LogP contribution >= 0.6 is 11.6 Å². The Kier molecular flexibility index (Phi) is 5.57. The molecule has 0 unspecified atom stereocenters. The number of aryl methyl sites for hydroxylation is 1. The van der Waals surface area contributed by atoms with Gasteiger partial charge in [-0.3, -0.25) is 4.79 Å². The molecule has 0 aliphatic rings. The molecule has 26 heavy (non-hydrogen) atoms. The summed E-state index contributed by atoms with van der Waals surface area (Å²) in [5.74, 6) is -0.204. The first-order valence-corrected chi connectivity index (χ1v) is 9.32. The van der Waals surface area contributed by atoms with E-state index in [4.69, 9.17) is 11.6 Å². The smallest absolute Gasteiger partial charge is 0.226 e. The van der Waals surface area contributed by atoms with E-state index in [2.05, 4.69) is 34.6 Å². The Morgan fingerprint density at radius 1 is 1.15 bits per heavy atom. The van der Waals surface area contributed by atoms with Gasteiger partial charge in [0.2, 0.25) is 5.91 Å². The zero-order valence-electron chi connectivity index (χ0n) is 15.3. The minimum absolute atomic E-state index is 0.0821. The number of hydrogen-bond donors (Lipinski definition) is 1. The second-order valence-electron chi connectivity index (χ2n) is 6.72. The third kappa shape index (κ3) is 4.05. The molecule has 0 spiro atoms. The predicted octanol–water partition coefficient (Wildman–Crippen LogP) is 5.01. The van der Waals surface area contributed by atoms with Crippen molar-refractivity contribution in [2.24, 2.45) is 5.92 Å². The standard InChI is InChI=1S/C20H23ClN4O/c1-4-5-6-14-7-9-15(10-8-14)25-23-18-11-16(21)17(12-19(18)24-25)22-20(26)13(2)3/h7-13H,4-6H2,1-3H3,(H,22,26). The van der Waals surface area contributed by atoms with Crippen LogP contribution in [0.15, 0.2) is 36.4 Å². The van der Waals surface area contributed by atoms with Crippen molar-refractivity contribution >= 4 is 34.2 Å². The summed E-state index contributed by atoms with van der Waals surface area (Å²) in [6.45, 7) is 5.86. The van der Waals surface area contributed by atoms with Crippen molar-refractivity contribution in [1.82, 2.24) is 15.0 Å². The molecule has 0 atom stereocenters. The number of benzene rings is 2. The fraction of sp³-hybridized carbons (Fsp3) is 0.350. The highest BCUT2D eigenvalue weighted by molar-refractivity contribution is 6.34. The van der Waals surface area contributed by atoms with Crippen molar-refractivity contribution in [3.05, 3.63) is 47.0 Å². The molecule has 0 bridgehead atoms. The Balaban J connectivity index is 1.88. The van der Waals surface area contributed by atoms with E-state index < -0.39 is 0 Å². The highest BCUT2D eigenvalue weighted by Gasteiger charge is 2.13. The minimum atomic E-state index is -0.122. The average molecular weight is 371 g/mol. The summed E-state index contributed by atoms with van der Waals surface area (Å²) in [5, 5.41) is 12.3.